The van der Waals surface area contributed by atoms with Crippen molar-refractivity contribution in [3.63, 3.8) is 0 Å². The smallest absolute Gasteiger partial charge is 0.00157 e. The molecular formula is C13H26N2. The second-order valence-electron chi connectivity index (χ2n) is 5.33. The van der Waals surface area contributed by atoms with E-state index in [0.717, 1.165) is 11.8 Å². The van der Waals surface area contributed by atoms with Crippen LogP contribution in [0.2, 0.25) is 0 Å². The molecule has 0 atom stereocenters. The van der Waals surface area contributed by atoms with E-state index in [0.29, 0.717) is 0 Å². The van der Waals surface area contributed by atoms with Gasteiger partial charge in [-0.05, 0) is 70.2 Å². The minimum atomic E-state index is 0.952. The summed E-state index contributed by atoms with van der Waals surface area (Å²) in [6, 6.07) is 0. The molecule has 2 heteroatoms. The van der Waals surface area contributed by atoms with E-state index in [2.05, 4.69) is 17.1 Å². The van der Waals surface area contributed by atoms with Crippen molar-refractivity contribution >= 4 is 0 Å². The molecule has 2 nitrogen and oxygen atoms in total. The van der Waals surface area contributed by atoms with E-state index in [1.54, 1.807) is 0 Å². The van der Waals surface area contributed by atoms with Gasteiger partial charge in [0, 0.05) is 0 Å². The van der Waals surface area contributed by atoms with Gasteiger partial charge in [-0.2, -0.15) is 0 Å². The van der Waals surface area contributed by atoms with Crippen molar-refractivity contribution in [1.82, 2.24) is 10.2 Å². The molecule has 0 amide bonds. The second kappa shape index (κ2) is 5.86. The number of hydrogen-bond acceptors (Lipinski definition) is 2. The van der Waals surface area contributed by atoms with Crippen molar-refractivity contribution in [2.75, 3.05) is 32.7 Å². The Hall–Kier alpha value is -0.0800. The van der Waals surface area contributed by atoms with Gasteiger partial charge in [0.15, 0.2) is 0 Å². The summed E-state index contributed by atoms with van der Waals surface area (Å²) in [5, 5.41) is 3.67. The lowest BCUT2D eigenvalue weighted by Gasteiger charge is -2.32. The first-order valence-electron chi connectivity index (χ1n) is 6.81. The molecule has 0 aromatic heterocycles. The normalized spacial score (nSPS) is 25.4. The topological polar surface area (TPSA) is 15.3 Å². The standard InChI is InChI=1S/C13H26N2/c1-2-15-8-6-13(7-9-15)11-14-10-12-4-3-5-12/h12-14H,2-11H2,1H3. The van der Waals surface area contributed by atoms with Crippen LogP contribution in [0.25, 0.3) is 0 Å². The predicted molar refractivity (Wildman–Crippen MR) is 65.0 cm³/mol. The molecule has 0 spiro atoms. The van der Waals surface area contributed by atoms with Crippen LogP contribution in [0.3, 0.4) is 0 Å². The highest BCUT2D eigenvalue weighted by atomic mass is 15.1. The number of nitrogens with zero attached hydrogens (tertiary/aromatic N) is 1. The van der Waals surface area contributed by atoms with Crippen LogP contribution >= 0.6 is 0 Å². The minimum Gasteiger partial charge on any atom is -0.316 e. The van der Waals surface area contributed by atoms with Crippen LogP contribution < -0.4 is 5.32 Å². The van der Waals surface area contributed by atoms with Crippen LogP contribution in [0.15, 0.2) is 0 Å². The summed E-state index contributed by atoms with van der Waals surface area (Å²) in [6.45, 7) is 8.72. The fourth-order valence-corrected chi connectivity index (χ4v) is 2.70. The van der Waals surface area contributed by atoms with Crippen molar-refractivity contribution in [2.45, 2.75) is 39.0 Å². The first-order valence-corrected chi connectivity index (χ1v) is 6.81. The summed E-state index contributed by atoms with van der Waals surface area (Å²) in [7, 11) is 0. The maximum Gasteiger partial charge on any atom is -0.00157 e. The number of hydrogen-bond donors (Lipinski definition) is 1. The number of likely N-dealkylation sites (tertiary alicyclic amines) is 1. The molecule has 0 aromatic rings. The zero-order valence-electron chi connectivity index (χ0n) is 10.2. The third-order valence-corrected chi connectivity index (χ3v) is 4.25. The summed E-state index contributed by atoms with van der Waals surface area (Å²) < 4.78 is 0. The largest absolute Gasteiger partial charge is 0.316 e. The fraction of sp³-hybridized carbons (Fsp3) is 1.00. The molecule has 2 aliphatic rings. The zero-order chi connectivity index (χ0) is 10.5. The quantitative estimate of drug-likeness (QED) is 0.747. The molecule has 1 N–H and O–H groups in total. The van der Waals surface area contributed by atoms with Gasteiger partial charge in [-0.15, -0.1) is 0 Å². The molecule has 0 bridgehead atoms. The van der Waals surface area contributed by atoms with Gasteiger partial charge in [-0.25, -0.2) is 0 Å². The molecule has 1 aliphatic heterocycles. The molecule has 0 unspecified atom stereocenters. The highest BCUT2D eigenvalue weighted by Crippen LogP contribution is 2.25. The Balaban J connectivity index is 1.52. The first-order chi connectivity index (χ1) is 7.38. The molecule has 2 fully saturated rings. The lowest BCUT2D eigenvalue weighted by Crippen LogP contribution is -2.38. The predicted octanol–water partition coefficient (Wildman–Crippen LogP) is 2.11. The molecule has 1 saturated carbocycles. The van der Waals surface area contributed by atoms with E-state index in [4.69, 9.17) is 0 Å². The van der Waals surface area contributed by atoms with E-state index in [1.807, 2.05) is 0 Å². The van der Waals surface area contributed by atoms with Crippen LogP contribution in [-0.2, 0) is 0 Å². The Bertz CT molecular complexity index is 169. The van der Waals surface area contributed by atoms with Gasteiger partial charge in [0.05, 0.1) is 0 Å². The third-order valence-electron chi connectivity index (χ3n) is 4.25. The summed E-state index contributed by atoms with van der Waals surface area (Å²) in [5.74, 6) is 1.97. The van der Waals surface area contributed by atoms with Gasteiger partial charge in [-0.1, -0.05) is 13.3 Å². The van der Waals surface area contributed by atoms with E-state index in [1.165, 1.54) is 64.8 Å². The van der Waals surface area contributed by atoms with Gasteiger partial charge in [-0.3, -0.25) is 0 Å². The van der Waals surface area contributed by atoms with Gasteiger partial charge in [0.1, 0.15) is 0 Å². The van der Waals surface area contributed by atoms with Crippen LogP contribution in [0.4, 0.5) is 0 Å². The highest BCUT2D eigenvalue weighted by molar-refractivity contribution is 4.76. The number of nitrogens with one attached hydrogen (secondary N) is 1. The summed E-state index contributed by atoms with van der Waals surface area (Å²) in [4.78, 5) is 2.57. The van der Waals surface area contributed by atoms with Crippen LogP contribution in [0.5, 0.6) is 0 Å². The molecular weight excluding hydrogens is 184 g/mol. The van der Waals surface area contributed by atoms with E-state index in [-0.39, 0.29) is 0 Å². The SMILES string of the molecule is CCN1CCC(CNCC2CCC2)CC1. The molecule has 1 aliphatic carbocycles. The molecule has 88 valence electrons. The molecule has 1 heterocycles. The van der Waals surface area contributed by atoms with Crippen LogP contribution in [-0.4, -0.2) is 37.6 Å². The van der Waals surface area contributed by atoms with E-state index in [9.17, 15) is 0 Å². The maximum absolute atomic E-state index is 3.67. The molecule has 1 saturated heterocycles. The summed E-state index contributed by atoms with van der Waals surface area (Å²) in [6.07, 6.45) is 7.24. The van der Waals surface area contributed by atoms with Crippen molar-refractivity contribution in [3.05, 3.63) is 0 Å². The molecule has 0 radical (unpaired) electrons. The monoisotopic (exact) mass is 210 g/mol. The van der Waals surface area contributed by atoms with Gasteiger partial charge in [0.25, 0.3) is 0 Å². The Morgan fingerprint density at radius 2 is 1.60 bits per heavy atom. The van der Waals surface area contributed by atoms with Gasteiger partial charge < -0.3 is 10.2 Å². The Labute approximate surface area is 94.4 Å². The third kappa shape index (κ3) is 3.46. The van der Waals surface area contributed by atoms with E-state index >= 15 is 0 Å². The average molecular weight is 210 g/mol. The van der Waals surface area contributed by atoms with Crippen molar-refractivity contribution in [2.24, 2.45) is 11.8 Å². The maximum atomic E-state index is 3.67. The highest BCUT2D eigenvalue weighted by Gasteiger charge is 2.19. The Morgan fingerprint density at radius 3 is 2.07 bits per heavy atom. The number of rotatable bonds is 5. The van der Waals surface area contributed by atoms with Crippen molar-refractivity contribution in [1.29, 1.82) is 0 Å². The molecule has 0 aromatic carbocycles. The zero-order valence-corrected chi connectivity index (χ0v) is 10.2. The van der Waals surface area contributed by atoms with Gasteiger partial charge >= 0.3 is 0 Å². The molecule has 15 heavy (non-hydrogen) atoms. The lowest BCUT2D eigenvalue weighted by molar-refractivity contribution is 0.186. The molecule has 2 rings (SSSR count). The average Bonchev–Trinajstić information content (AvgIpc) is 2.23. The summed E-state index contributed by atoms with van der Waals surface area (Å²) >= 11 is 0. The number of piperidine rings is 1. The van der Waals surface area contributed by atoms with Crippen LogP contribution in [0.1, 0.15) is 39.0 Å². The minimum absolute atomic E-state index is 0.952. The lowest BCUT2D eigenvalue weighted by atomic mass is 9.85. The Morgan fingerprint density at radius 1 is 1.00 bits per heavy atom. The van der Waals surface area contributed by atoms with E-state index < -0.39 is 0 Å². The van der Waals surface area contributed by atoms with Crippen molar-refractivity contribution < 1.29 is 0 Å². The fourth-order valence-electron chi connectivity index (χ4n) is 2.70. The summed E-state index contributed by atoms with van der Waals surface area (Å²) in [5.41, 5.74) is 0. The van der Waals surface area contributed by atoms with Crippen LogP contribution in [0, 0.1) is 11.8 Å². The second-order valence-corrected chi connectivity index (χ2v) is 5.33. The van der Waals surface area contributed by atoms with Crippen molar-refractivity contribution in [3.8, 4) is 0 Å². The first kappa shape index (κ1) is 11.4. The Kier molecular flexibility index (Phi) is 4.45. The van der Waals surface area contributed by atoms with Gasteiger partial charge in [0.2, 0.25) is 0 Å².